The second-order valence-electron chi connectivity index (χ2n) is 4.49. The van der Waals surface area contributed by atoms with Crippen LogP contribution in [0.1, 0.15) is 24.7 Å². The van der Waals surface area contributed by atoms with Crippen molar-refractivity contribution < 1.29 is 4.74 Å². The molecule has 0 aliphatic heterocycles. The van der Waals surface area contributed by atoms with Gasteiger partial charge in [-0.1, -0.05) is 6.92 Å². The van der Waals surface area contributed by atoms with Gasteiger partial charge in [0.05, 0.1) is 5.69 Å². The van der Waals surface area contributed by atoms with Crippen molar-refractivity contribution in [3.63, 3.8) is 0 Å². The van der Waals surface area contributed by atoms with Crippen molar-refractivity contribution in [2.45, 2.75) is 27.2 Å². The molecule has 7 heteroatoms. The molecule has 0 amide bonds. The Labute approximate surface area is 126 Å². The van der Waals surface area contributed by atoms with Crippen LogP contribution < -0.4 is 10.1 Å². The Kier molecular flexibility index (Phi) is 4.59. The first-order valence-electron chi connectivity index (χ1n) is 6.47. The molecule has 0 aromatic carbocycles. The zero-order chi connectivity index (χ0) is 14.7. The molecule has 0 spiro atoms. The van der Waals surface area contributed by atoms with Crippen LogP contribution in [-0.4, -0.2) is 26.3 Å². The SMILES string of the molecule is CCCNc1ncnc(Oc2c(C)nn(C)c2C)c1Br. The lowest BCUT2D eigenvalue weighted by atomic mass is 10.3. The van der Waals surface area contributed by atoms with Crippen LogP contribution in [0.3, 0.4) is 0 Å². The van der Waals surface area contributed by atoms with Gasteiger partial charge in [-0.3, -0.25) is 4.68 Å². The molecule has 2 aromatic heterocycles. The van der Waals surface area contributed by atoms with E-state index >= 15 is 0 Å². The van der Waals surface area contributed by atoms with E-state index in [1.807, 2.05) is 20.9 Å². The first kappa shape index (κ1) is 14.8. The summed E-state index contributed by atoms with van der Waals surface area (Å²) in [7, 11) is 1.89. The minimum atomic E-state index is 0.484. The Bertz CT molecular complexity index is 611. The third-order valence-electron chi connectivity index (χ3n) is 2.94. The van der Waals surface area contributed by atoms with E-state index in [0.29, 0.717) is 5.88 Å². The Balaban J connectivity index is 2.29. The summed E-state index contributed by atoms with van der Waals surface area (Å²) in [5.74, 6) is 1.95. The topological polar surface area (TPSA) is 64.9 Å². The lowest BCUT2D eigenvalue weighted by Gasteiger charge is -2.10. The summed E-state index contributed by atoms with van der Waals surface area (Å²) >= 11 is 3.49. The minimum Gasteiger partial charge on any atom is -0.434 e. The highest BCUT2D eigenvalue weighted by Gasteiger charge is 2.16. The lowest BCUT2D eigenvalue weighted by Crippen LogP contribution is -2.04. The molecule has 0 unspecified atom stereocenters. The maximum Gasteiger partial charge on any atom is 0.239 e. The summed E-state index contributed by atoms with van der Waals surface area (Å²) in [5.41, 5.74) is 1.79. The van der Waals surface area contributed by atoms with Crippen molar-refractivity contribution in [2.24, 2.45) is 7.05 Å². The molecule has 0 bridgehead atoms. The van der Waals surface area contributed by atoms with Crippen LogP contribution in [0.2, 0.25) is 0 Å². The standard InChI is InChI=1S/C13H18BrN5O/c1-5-6-15-12-10(14)13(17-7-16-12)20-11-8(2)18-19(4)9(11)3/h7H,5-6H2,1-4H3,(H,15,16,17). The molecule has 2 aromatic rings. The van der Waals surface area contributed by atoms with Crippen LogP contribution in [0.25, 0.3) is 0 Å². The molecule has 0 aliphatic rings. The Morgan fingerprint density at radius 2 is 2.10 bits per heavy atom. The fraction of sp³-hybridized carbons (Fsp3) is 0.462. The third kappa shape index (κ3) is 2.92. The fourth-order valence-electron chi connectivity index (χ4n) is 1.79. The van der Waals surface area contributed by atoms with E-state index < -0.39 is 0 Å². The third-order valence-corrected chi connectivity index (χ3v) is 3.66. The lowest BCUT2D eigenvalue weighted by molar-refractivity contribution is 0.451. The van der Waals surface area contributed by atoms with Gasteiger partial charge in [-0.25, -0.2) is 9.97 Å². The molecule has 0 radical (unpaired) electrons. The number of aryl methyl sites for hydroxylation is 2. The maximum atomic E-state index is 5.89. The number of halogens is 1. The van der Waals surface area contributed by atoms with E-state index in [4.69, 9.17) is 4.74 Å². The summed E-state index contributed by atoms with van der Waals surface area (Å²) in [6.45, 7) is 6.82. The number of nitrogens with one attached hydrogen (secondary N) is 1. The normalized spacial score (nSPS) is 10.7. The number of rotatable bonds is 5. The van der Waals surface area contributed by atoms with Gasteiger partial charge in [0.2, 0.25) is 5.88 Å². The van der Waals surface area contributed by atoms with Crippen LogP contribution in [0.5, 0.6) is 11.6 Å². The highest BCUT2D eigenvalue weighted by atomic mass is 79.9. The van der Waals surface area contributed by atoms with E-state index in [1.54, 1.807) is 4.68 Å². The molecular formula is C13H18BrN5O. The van der Waals surface area contributed by atoms with Crippen LogP contribution in [0, 0.1) is 13.8 Å². The van der Waals surface area contributed by atoms with Gasteiger partial charge in [0, 0.05) is 13.6 Å². The zero-order valence-corrected chi connectivity index (χ0v) is 13.7. The van der Waals surface area contributed by atoms with Crippen LogP contribution >= 0.6 is 15.9 Å². The predicted octanol–water partition coefficient (Wildman–Crippen LogP) is 3.20. The number of aromatic nitrogens is 4. The molecule has 6 nitrogen and oxygen atoms in total. The summed E-state index contributed by atoms with van der Waals surface area (Å²) in [6, 6.07) is 0. The average Bonchev–Trinajstić information content (AvgIpc) is 2.66. The first-order valence-corrected chi connectivity index (χ1v) is 7.26. The molecule has 2 rings (SSSR count). The molecule has 108 valence electrons. The Morgan fingerprint density at radius 3 is 2.70 bits per heavy atom. The van der Waals surface area contributed by atoms with Crippen LogP contribution in [0.4, 0.5) is 5.82 Å². The van der Waals surface area contributed by atoms with Crippen molar-refractivity contribution in [1.82, 2.24) is 19.7 Å². The van der Waals surface area contributed by atoms with Crippen LogP contribution in [0.15, 0.2) is 10.8 Å². The zero-order valence-electron chi connectivity index (χ0n) is 12.1. The molecule has 0 fully saturated rings. The Morgan fingerprint density at radius 1 is 1.35 bits per heavy atom. The first-order chi connectivity index (χ1) is 9.54. The van der Waals surface area contributed by atoms with Crippen LogP contribution in [-0.2, 0) is 7.05 Å². The van der Waals surface area contributed by atoms with Crippen molar-refractivity contribution in [3.8, 4) is 11.6 Å². The highest BCUT2D eigenvalue weighted by Crippen LogP contribution is 2.34. The minimum absolute atomic E-state index is 0.484. The quantitative estimate of drug-likeness (QED) is 0.905. The molecule has 0 atom stereocenters. The molecule has 0 saturated heterocycles. The van der Waals surface area contributed by atoms with Crippen molar-refractivity contribution in [1.29, 1.82) is 0 Å². The average molecular weight is 340 g/mol. The molecule has 0 saturated carbocycles. The van der Waals surface area contributed by atoms with E-state index in [9.17, 15) is 0 Å². The Hall–Kier alpha value is -1.63. The van der Waals surface area contributed by atoms with E-state index in [0.717, 1.165) is 40.4 Å². The van der Waals surface area contributed by atoms with Gasteiger partial charge < -0.3 is 10.1 Å². The number of anilines is 1. The predicted molar refractivity (Wildman–Crippen MR) is 81.3 cm³/mol. The number of hydrogen-bond acceptors (Lipinski definition) is 5. The monoisotopic (exact) mass is 339 g/mol. The molecule has 2 heterocycles. The molecular weight excluding hydrogens is 322 g/mol. The number of hydrogen-bond donors (Lipinski definition) is 1. The summed E-state index contributed by atoms with van der Waals surface area (Å²) in [6.07, 6.45) is 2.51. The molecule has 0 aliphatic carbocycles. The summed E-state index contributed by atoms with van der Waals surface area (Å²) in [4.78, 5) is 8.37. The van der Waals surface area contributed by atoms with Gasteiger partial charge in [-0.15, -0.1) is 0 Å². The van der Waals surface area contributed by atoms with E-state index in [1.165, 1.54) is 6.33 Å². The van der Waals surface area contributed by atoms with E-state index in [2.05, 4.69) is 43.2 Å². The summed E-state index contributed by atoms with van der Waals surface area (Å²) in [5, 5.41) is 7.55. The van der Waals surface area contributed by atoms with Gasteiger partial charge in [-0.2, -0.15) is 5.10 Å². The second kappa shape index (κ2) is 6.21. The van der Waals surface area contributed by atoms with Gasteiger partial charge >= 0.3 is 0 Å². The largest absolute Gasteiger partial charge is 0.434 e. The molecule has 1 N–H and O–H groups in total. The van der Waals surface area contributed by atoms with Gasteiger partial charge in [0.1, 0.15) is 22.3 Å². The molecule has 20 heavy (non-hydrogen) atoms. The maximum absolute atomic E-state index is 5.89. The van der Waals surface area contributed by atoms with Crippen molar-refractivity contribution in [3.05, 3.63) is 22.2 Å². The second-order valence-corrected chi connectivity index (χ2v) is 5.29. The fourth-order valence-corrected chi connectivity index (χ4v) is 2.22. The van der Waals surface area contributed by atoms with Gasteiger partial charge in [0.15, 0.2) is 5.75 Å². The van der Waals surface area contributed by atoms with E-state index in [-0.39, 0.29) is 0 Å². The van der Waals surface area contributed by atoms with Gasteiger partial charge in [0.25, 0.3) is 0 Å². The summed E-state index contributed by atoms with van der Waals surface area (Å²) < 4.78 is 8.40. The van der Waals surface area contributed by atoms with Crippen molar-refractivity contribution >= 4 is 21.7 Å². The number of ether oxygens (including phenoxy) is 1. The van der Waals surface area contributed by atoms with Crippen molar-refractivity contribution in [2.75, 3.05) is 11.9 Å². The smallest absolute Gasteiger partial charge is 0.239 e. The highest BCUT2D eigenvalue weighted by molar-refractivity contribution is 9.10. The number of nitrogens with zero attached hydrogens (tertiary/aromatic N) is 4. The van der Waals surface area contributed by atoms with Gasteiger partial charge in [-0.05, 0) is 36.2 Å².